The summed E-state index contributed by atoms with van der Waals surface area (Å²) in [6, 6.07) is 7.56. The molecule has 3 rings (SSSR count). The molecule has 3 aromatic rings. The van der Waals surface area contributed by atoms with Gasteiger partial charge in [-0.15, -0.1) is 5.10 Å². The molecule has 0 radical (unpaired) electrons. The summed E-state index contributed by atoms with van der Waals surface area (Å²) in [6.45, 7) is 6.70. The number of amides is 1. The molecule has 0 saturated heterocycles. The number of hydrogen-bond acceptors (Lipinski definition) is 5. The molecule has 2 aromatic heterocycles. The molecule has 1 aromatic carbocycles. The van der Waals surface area contributed by atoms with Crippen LogP contribution >= 0.6 is 0 Å². The van der Waals surface area contributed by atoms with E-state index in [-0.39, 0.29) is 11.9 Å². The van der Waals surface area contributed by atoms with Crippen molar-refractivity contribution in [1.29, 1.82) is 0 Å². The highest BCUT2D eigenvalue weighted by atomic mass is 16.4. The molecule has 1 amide bonds. The summed E-state index contributed by atoms with van der Waals surface area (Å²) < 4.78 is 7.17. The Bertz CT molecular complexity index is 850. The molecule has 0 spiro atoms. The van der Waals surface area contributed by atoms with Gasteiger partial charge in [0.25, 0.3) is 5.91 Å². The molecule has 118 valence electrons. The number of aromatic nitrogens is 4. The van der Waals surface area contributed by atoms with Gasteiger partial charge in [0.05, 0.1) is 0 Å². The Morgan fingerprint density at radius 1 is 1.22 bits per heavy atom. The monoisotopic (exact) mass is 311 g/mol. The van der Waals surface area contributed by atoms with Gasteiger partial charge in [0.2, 0.25) is 5.89 Å². The average Bonchev–Trinajstić information content (AvgIpc) is 3.19. The van der Waals surface area contributed by atoms with Gasteiger partial charge in [0.15, 0.2) is 5.69 Å². The molecule has 7 nitrogen and oxygen atoms in total. The van der Waals surface area contributed by atoms with Crippen LogP contribution in [-0.2, 0) is 6.54 Å². The van der Waals surface area contributed by atoms with Gasteiger partial charge < -0.3 is 4.42 Å². The van der Waals surface area contributed by atoms with Crippen molar-refractivity contribution < 1.29 is 9.21 Å². The Balaban J connectivity index is 1.76. The van der Waals surface area contributed by atoms with Gasteiger partial charge in [0.1, 0.15) is 0 Å². The van der Waals surface area contributed by atoms with E-state index in [2.05, 4.69) is 20.6 Å². The fourth-order valence-electron chi connectivity index (χ4n) is 2.08. The number of nitrogens with one attached hydrogen (secondary N) is 1. The smallest absolute Gasteiger partial charge is 0.322 e. The number of benzene rings is 1. The minimum absolute atomic E-state index is 0.0503. The lowest BCUT2D eigenvalue weighted by Crippen LogP contribution is -2.13. The summed E-state index contributed by atoms with van der Waals surface area (Å²) in [4.78, 5) is 12.1. The molecule has 0 unspecified atom stereocenters. The maximum absolute atomic E-state index is 12.1. The fourth-order valence-corrected chi connectivity index (χ4v) is 2.08. The van der Waals surface area contributed by atoms with Gasteiger partial charge in [-0.2, -0.15) is 5.10 Å². The predicted molar refractivity (Wildman–Crippen MR) is 85.1 cm³/mol. The Labute approximate surface area is 133 Å². The summed E-state index contributed by atoms with van der Waals surface area (Å²) in [5, 5.41) is 14.5. The zero-order valence-electron chi connectivity index (χ0n) is 13.2. The quantitative estimate of drug-likeness (QED) is 0.800. The third-order valence-corrected chi connectivity index (χ3v) is 3.60. The van der Waals surface area contributed by atoms with Crippen molar-refractivity contribution in [3.8, 4) is 11.5 Å². The van der Waals surface area contributed by atoms with Crippen molar-refractivity contribution >= 4 is 11.9 Å². The number of nitrogens with zero attached hydrogens (tertiary/aromatic N) is 4. The van der Waals surface area contributed by atoms with E-state index in [1.165, 1.54) is 5.56 Å². The van der Waals surface area contributed by atoms with E-state index in [4.69, 9.17) is 4.42 Å². The molecule has 0 bridgehead atoms. The maximum atomic E-state index is 12.1. The van der Waals surface area contributed by atoms with E-state index in [9.17, 15) is 4.79 Å². The van der Waals surface area contributed by atoms with Gasteiger partial charge in [-0.25, -0.2) is 0 Å². The largest absolute Gasteiger partial charge is 0.403 e. The zero-order valence-corrected chi connectivity index (χ0v) is 13.2. The molecule has 0 aliphatic rings. The highest BCUT2D eigenvalue weighted by Gasteiger charge is 2.15. The lowest BCUT2D eigenvalue weighted by Gasteiger charge is -2.01. The number of carbonyl (C=O) groups is 1. The first-order valence-corrected chi connectivity index (χ1v) is 7.32. The van der Waals surface area contributed by atoms with Crippen LogP contribution in [0.4, 0.5) is 6.01 Å². The summed E-state index contributed by atoms with van der Waals surface area (Å²) >= 11 is 0. The van der Waals surface area contributed by atoms with Crippen LogP contribution < -0.4 is 5.32 Å². The first-order chi connectivity index (χ1) is 11.1. The maximum Gasteiger partial charge on any atom is 0.322 e. The Hall–Kier alpha value is -2.96. The normalized spacial score (nSPS) is 10.7. The highest BCUT2D eigenvalue weighted by molar-refractivity contribution is 6.01. The van der Waals surface area contributed by atoms with Gasteiger partial charge in [-0.1, -0.05) is 11.2 Å². The third kappa shape index (κ3) is 3.13. The highest BCUT2D eigenvalue weighted by Crippen LogP contribution is 2.22. The first kappa shape index (κ1) is 15.0. The summed E-state index contributed by atoms with van der Waals surface area (Å²) in [5.74, 6) is -0.0185. The number of anilines is 1. The fraction of sp³-hybridized carbons (Fsp3) is 0.250. The third-order valence-electron chi connectivity index (χ3n) is 3.60. The zero-order chi connectivity index (χ0) is 16.4. The molecular weight excluding hydrogens is 294 g/mol. The van der Waals surface area contributed by atoms with Crippen LogP contribution in [0.3, 0.4) is 0 Å². The molecule has 23 heavy (non-hydrogen) atoms. The lowest BCUT2D eigenvalue weighted by atomic mass is 10.1. The molecule has 0 aliphatic carbocycles. The van der Waals surface area contributed by atoms with Crippen molar-refractivity contribution in [2.45, 2.75) is 27.3 Å². The van der Waals surface area contributed by atoms with Crippen LogP contribution in [0.2, 0.25) is 0 Å². The van der Waals surface area contributed by atoms with Gasteiger partial charge >= 0.3 is 6.01 Å². The van der Waals surface area contributed by atoms with Crippen LogP contribution in [0, 0.1) is 13.8 Å². The van der Waals surface area contributed by atoms with Crippen LogP contribution in [0.25, 0.3) is 11.5 Å². The van der Waals surface area contributed by atoms with E-state index < -0.39 is 0 Å². The van der Waals surface area contributed by atoms with Crippen LogP contribution in [0.15, 0.2) is 34.9 Å². The Morgan fingerprint density at radius 2 is 2.04 bits per heavy atom. The molecule has 2 heterocycles. The standard InChI is InChI=1S/C16H17N5O2/c1-4-21-8-7-13(20-21)14(22)17-16-19-18-15(23-16)12-6-5-10(2)11(3)9-12/h5-9H,4H2,1-3H3,(H,17,19,22). The van der Waals surface area contributed by atoms with E-state index in [0.29, 0.717) is 18.1 Å². The van der Waals surface area contributed by atoms with Gasteiger partial charge in [-0.3, -0.25) is 14.8 Å². The van der Waals surface area contributed by atoms with Crippen molar-refractivity contribution in [1.82, 2.24) is 20.0 Å². The molecule has 7 heteroatoms. The molecular formula is C16H17N5O2. The van der Waals surface area contributed by atoms with Gasteiger partial charge in [-0.05, 0) is 50.1 Å². The van der Waals surface area contributed by atoms with Gasteiger partial charge in [0, 0.05) is 18.3 Å². The van der Waals surface area contributed by atoms with E-state index in [1.54, 1.807) is 16.9 Å². The van der Waals surface area contributed by atoms with Crippen molar-refractivity contribution in [2.24, 2.45) is 0 Å². The molecule has 0 atom stereocenters. The van der Waals surface area contributed by atoms with E-state index in [0.717, 1.165) is 11.1 Å². The summed E-state index contributed by atoms with van der Waals surface area (Å²) in [6.07, 6.45) is 1.74. The lowest BCUT2D eigenvalue weighted by molar-refractivity contribution is 0.101. The molecule has 1 N–H and O–H groups in total. The minimum Gasteiger partial charge on any atom is -0.403 e. The minimum atomic E-state index is -0.382. The second-order valence-electron chi connectivity index (χ2n) is 5.22. The second kappa shape index (κ2) is 6.04. The SMILES string of the molecule is CCn1ccc(C(=O)Nc2nnc(-c3ccc(C)c(C)c3)o2)n1. The predicted octanol–water partition coefficient (Wildman–Crippen LogP) is 2.82. The van der Waals surface area contributed by atoms with Crippen LogP contribution in [0.5, 0.6) is 0 Å². The van der Waals surface area contributed by atoms with Crippen molar-refractivity contribution in [3.63, 3.8) is 0 Å². The topological polar surface area (TPSA) is 85.8 Å². The van der Waals surface area contributed by atoms with Crippen molar-refractivity contribution in [3.05, 3.63) is 47.3 Å². The number of aryl methyl sites for hydroxylation is 3. The summed E-state index contributed by atoms with van der Waals surface area (Å²) in [5.41, 5.74) is 3.44. The number of rotatable bonds is 4. The van der Waals surface area contributed by atoms with Crippen LogP contribution in [0.1, 0.15) is 28.5 Å². The van der Waals surface area contributed by atoms with Crippen molar-refractivity contribution in [2.75, 3.05) is 5.32 Å². The van der Waals surface area contributed by atoms with E-state index in [1.807, 2.05) is 39.0 Å². The van der Waals surface area contributed by atoms with Crippen LogP contribution in [-0.4, -0.2) is 25.9 Å². The molecule has 0 fully saturated rings. The van der Waals surface area contributed by atoms with E-state index >= 15 is 0 Å². The Kier molecular flexibility index (Phi) is 3.92. The molecule has 0 saturated carbocycles. The average molecular weight is 311 g/mol. The number of carbonyl (C=O) groups excluding carboxylic acids is 1. The molecule has 0 aliphatic heterocycles. The Morgan fingerprint density at radius 3 is 2.74 bits per heavy atom. The second-order valence-corrected chi connectivity index (χ2v) is 5.22. The summed E-state index contributed by atoms with van der Waals surface area (Å²) in [7, 11) is 0. The first-order valence-electron chi connectivity index (χ1n) is 7.32. The number of hydrogen-bond donors (Lipinski definition) is 1.